The Morgan fingerprint density at radius 3 is 2.24 bits per heavy atom. The van der Waals surface area contributed by atoms with E-state index in [-0.39, 0.29) is 0 Å². The Labute approximate surface area is 120 Å². The quantitative estimate of drug-likeness (QED) is 0.627. The van der Waals surface area contributed by atoms with Gasteiger partial charge in [-0.2, -0.15) is 0 Å². The van der Waals surface area contributed by atoms with Gasteiger partial charge in [-0.15, -0.1) is 0 Å². The SMILES string of the molecule is S=C(Nc1ccccc1)Nc1cccc(I)c1. The predicted octanol–water partition coefficient (Wildman–Crippen LogP) is 4.10. The van der Waals surface area contributed by atoms with Gasteiger partial charge in [-0.05, 0) is 65.1 Å². The summed E-state index contributed by atoms with van der Waals surface area (Å²) in [7, 11) is 0. The van der Waals surface area contributed by atoms with Gasteiger partial charge in [-0.1, -0.05) is 24.3 Å². The summed E-state index contributed by atoms with van der Waals surface area (Å²) in [6, 6.07) is 17.9. The Kier molecular flexibility index (Phi) is 4.33. The van der Waals surface area contributed by atoms with E-state index in [0.29, 0.717) is 5.11 Å². The molecule has 17 heavy (non-hydrogen) atoms. The molecule has 0 aliphatic carbocycles. The van der Waals surface area contributed by atoms with Gasteiger partial charge in [-0.25, -0.2) is 0 Å². The van der Waals surface area contributed by atoms with Crippen molar-refractivity contribution in [2.45, 2.75) is 0 Å². The number of nitrogens with one attached hydrogen (secondary N) is 2. The molecular weight excluding hydrogens is 343 g/mol. The molecule has 0 aliphatic rings. The van der Waals surface area contributed by atoms with Crippen molar-refractivity contribution in [3.05, 3.63) is 58.2 Å². The topological polar surface area (TPSA) is 24.1 Å². The number of rotatable bonds is 2. The molecule has 0 unspecified atom stereocenters. The Morgan fingerprint density at radius 1 is 0.882 bits per heavy atom. The lowest BCUT2D eigenvalue weighted by Crippen LogP contribution is -2.18. The third kappa shape index (κ3) is 3.98. The Morgan fingerprint density at radius 2 is 1.53 bits per heavy atom. The summed E-state index contributed by atoms with van der Waals surface area (Å²) in [5, 5.41) is 6.87. The molecule has 0 aromatic heterocycles. The van der Waals surface area contributed by atoms with Crippen molar-refractivity contribution in [1.29, 1.82) is 0 Å². The fourth-order valence-electron chi connectivity index (χ4n) is 1.38. The van der Waals surface area contributed by atoms with Crippen LogP contribution in [0.25, 0.3) is 0 Å². The fraction of sp³-hybridized carbons (Fsp3) is 0. The van der Waals surface area contributed by atoms with Gasteiger partial charge >= 0.3 is 0 Å². The van der Waals surface area contributed by atoms with Crippen LogP contribution in [0.1, 0.15) is 0 Å². The van der Waals surface area contributed by atoms with Gasteiger partial charge in [0.05, 0.1) is 0 Å². The van der Waals surface area contributed by atoms with E-state index < -0.39 is 0 Å². The van der Waals surface area contributed by atoms with Crippen molar-refractivity contribution in [3.63, 3.8) is 0 Å². The molecule has 2 aromatic carbocycles. The van der Waals surface area contributed by atoms with Crippen molar-refractivity contribution in [2.24, 2.45) is 0 Å². The molecule has 0 heterocycles. The van der Waals surface area contributed by atoms with E-state index in [9.17, 15) is 0 Å². The summed E-state index contributed by atoms with van der Waals surface area (Å²) in [6.07, 6.45) is 0. The first-order chi connectivity index (χ1) is 8.24. The average molecular weight is 354 g/mol. The molecule has 2 N–H and O–H groups in total. The van der Waals surface area contributed by atoms with Crippen molar-refractivity contribution in [2.75, 3.05) is 10.6 Å². The number of halogens is 1. The zero-order valence-electron chi connectivity index (χ0n) is 8.98. The van der Waals surface area contributed by atoms with Crippen LogP contribution in [0.5, 0.6) is 0 Å². The molecular formula is C13H11IN2S. The molecule has 4 heteroatoms. The summed E-state index contributed by atoms with van der Waals surface area (Å²) in [4.78, 5) is 0. The minimum absolute atomic E-state index is 0.596. The zero-order valence-corrected chi connectivity index (χ0v) is 12.0. The number of para-hydroxylation sites is 1. The predicted molar refractivity (Wildman–Crippen MR) is 85.4 cm³/mol. The summed E-state index contributed by atoms with van der Waals surface area (Å²) < 4.78 is 1.18. The molecule has 0 spiro atoms. The minimum atomic E-state index is 0.596. The van der Waals surface area contributed by atoms with Crippen molar-refractivity contribution >= 4 is 51.3 Å². The van der Waals surface area contributed by atoms with Gasteiger partial charge in [-0.3, -0.25) is 0 Å². The first-order valence-electron chi connectivity index (χ1n) is 5.13. The molecule has 0 aliphatic heterocycles. The van der Waals surface area contributed by atoms with E-state index in [1.165, 1.54) is 3.57 Å². The van der Waals surface area contributed by atoms with Gasteiger partial charge in [0.1, 0.15) is 0 Å². The average Bonchev–Trinajstić information content (AvgIpc) is 2.30. The molecule has 0 saturated carbocycles. The van der Waals surface area contributed by atoms with Crippen LogP contribution in [-0.4, -0.2) is 5.11 Å². The Bertz CT molecular complexity index is 514. The summed E-state index contributed by atoms with van der Waals surface area (Å²) in [5.74, 6) is 0. The van der Waals surface area contributed by atoms with Crippen LogP contribution in [-0.2, 0) is 0 Å². The first kappa shape index (κ1) is 12.3. The van der Waals surface area contributed by atoms with E-state index in [0.717, 1.165) is 11.4 Å². The van der Waals surface area contributed by atoms with Crippen molar-refractivity contribution in [3.8, 4) is 0 Å². The first-order valence-corrected chi connectivity index (χ1v) is 6.61. The fourth-order valence-corrected chi connectivity index (χ4v) is 2.16. The van der Waals surface area contributed by atoms with E-state index in [4.69, 9.17) is 12.2 Å². The lowest BCUT2D eigenvalue weighted by molar-refractivity contribution is 1.58. The van der Waals surface area contributed by atoms with Gasteiger partial charge in [0.15, 0.2) is 5.11 Å². The minimum Gasteiger partial charge on any atom is -0.332 e. The molecule has 0 fully saturated rings. The summed E-state index contributed by atoms with van der Waals surface area (Å²) in [6.45, 7) is 0. The van der Waals surface area contributed by atoms with Crippen LogP contribution in [0.15, 0.2) is 54.6 Å². The van der Waals surface area contributed by atoms with Gasteiger partial charge in [0.25, 0.3) is 0 Å². The lowest BCUT2D eigenvalue weighted by atomic mass is 10.3. The van der Waals surface area contributed by atoms with Crippen LogP contribution in [0.3, 0.4) is 0 Å². The van der Waals surface area contributed by atoms with Crippen LogP contribution in [0, 0.1) is 3.57 Å². The summed E-state index contributed by atoms with van der Waals surface area (Å²) in [5.41, 5.74) is 1.97. The molecule has 0 amide bonds. The molecule has 0 atom stereocenters. The van der Waals surface area contributed by atoms with E-state index in [1.807, 2.05) is 54.6 Å². The van der Waals surface area contributed by atoms with Gasteiger partial charge in [0, 0.05) is 14.9 Å². The lowest BCUT2D eigenvalue weighted by Gasteiger charge is -2.10. The zero-order chi connectivity index (χ0) is 12.1. The number of anilines is 2. The maximum atomic E-state index is 5.24. The maximum Gasteiger partial charge on any atom is 0.175 e. The molecule has 86 valence electrons. The smallest absolute Gasteiger partial charge is 0.175 e. The highest BCUT2D eigenvalue weighted by atomic mass is 127. The highest BCUT2D eigenvalue weighted by molar-refractivity contribution is 14.1. The third-order valence-corrected chi connectivity index (χ3v) is 2.99. The molecule has 0 saturated heterocycles. The Hall–Kier alpha value is -1.14. The molecule has 0 bridgehead atoms. The number of hydrogen-bond acceptors (Lipinski definition) is 1. The molecule has 2 aromatic rings. The van der Waals surface area contributed by atoms with Gasteiger partial charge in [0.2, 0.25) is 0 Å². The molecule has 2 nitrogen and oxygen atoms in total. The number of hydrogen-bond donors (Lipinski definition) is 2. The van der Waals surface area contributed by atoms with Crippen LogP contribution < -0.4 is 10.6 Å². The molecule has 0 radical (unpaired) electrons. The van der Waals surface area contributed by atoms with Crippen LogP contribution in [0.2, 0.25) is 0 Å². The standard InChI is InChI=1S/C13H11IN2S/c14-10-5-4-8-12(9-10)16-13(17)15-11-6-2-1-3-7-11/h1-9H,(H2,15,16,17). The van der Waals surface area contributed by atoms with Crippen LogP contribution >= 0.6 is 34.8 Å². The number of benzene rings is 2. The van der Waals surface area contributed by atoms with Gasteiger partial charge < -0.3 is 10.6 Å². The maximum absolute atomic E-state index is 5.24. The monoisotopic (exact) mass is 354 g/mol. The second kappa shape index (κ2) is 5.97. The van der Waals surface area contributed by atoms with E-state index in [2.05, 4.69) is 33.2 Å². The van der Waals surface area contributed by atoms with E-state index >= 15 is 0 Å². The largest absolute Gasteiger partial charge is 0.332 e. The Balaban J connectivity index is 1.98. The van der Waals surface area contributed by atoms with E-state index in [1.54, 1.807) is 0 Å². The van der Waals surface area contributed by atoms with Crippen molar-refractivity contribution < 1.29 is 0 Å². The third-order valence-electron chi connectivity index (χ3n) is 2.11. The summed E-state index contributed by atoms with van der Waals surface area (Å²) >= 11 is 7.51. The second-order valence-corrected chi connectivity index (χ2v) is 5.11. The van der Waals surface area contributed by atoms with Crippen LogP contribution in [0.4, 0.5) is 11.4 Å². The number of thiocarbonyl (C=S) groups is 1. The second-order valence-electron chi connectivity index (χ2n) is 3.46. The normalized spacial score (nSPS) is 9.71. The molecule has 2 rings (SSSR count). The van der Waals surface area contributed by atoms with Crippen molar-refractivity contribution in [1.82, 2.24) is 0 Å². The highest BCUT2D eigenvalue weighted by Crippen LogP contribution is 2.13. The highest BCUT2D eigenvalue weighted by Gasteiger charge is 1.98.